The molecule has 1 aromatic rings. The number of nitrogens with two attached hydrogens (primary N) is 1. The molecule has 1 aliphatic heterocycles. The highest BCUT2D eigenvalue weighted by Crippen LogP contribution is 2.22. The first-order valence-corrected chi connectivity index (χ1v) is 7.84. The number of amides is 1. The molecule has 20 heavy (non-hydrogen) atoms. The summed E-state index contributed by atoms with van der Waals surface area (Å²) in [6.07, 6.45) is 0. The van der Waals surface area contributed by atoms with Crippen LogP contribution in [0.4, 0.5) is 0 Å². The zero-order valence-electron chi connectivity index (χ0n) is 11.7. The van der Waals surface area contributed by atoms with Crippen LogP contribution in [0.25, 0.3) is 0 Å². The van der Waals surface area contributed by atoms with Crippen molar-refractivity contribution in [2.75, 3.05) is 26.7 Å². The Kier molecular flexibility index (Phi) is 4.12. The van der Waals surface area contributed by atoms with Crippen LogP contribution in [-0.4, -0.2) is 50.2 Å². The van der Waals surface area contributed by atoms with E-state index in [-0.39, 0.29) is 23.9 Å². The van der Waals surface area contributed by atoms with Crippen molar-refractivity contribution in [2.24, 2.45) is 5.73 Å². The second-order valence-electron chi connectivity index (χ2n) is 4.96. The van der Waals surface area contributed by atoms with Crippen LogP contribution in [0.15, 0.2) is 23.1 Å². The van der Waals surface area contributed by atoms with E-state index in [1.54, 1.807) is 26.1 Å². The van der Waals surface area contributed by atoms with Gasteiger partial charge in [-0.3, -0.25) is 4.79 Å². The highest BCUT2D eigenvalue weighted by Gasteiger charge is 2.32. The first-order chi connectivity index (χ1) is 9.36. The Morgan fingerprint density at radius 2 is 2.00 bits per heavy atom. The summed E-state index contributed by atoms with van der Waals surface area (Å²) >= 11 is 0. The maximum absolute atomic E-state index is 12.6. The first-order valence-electron chi connectivity index (χ1n) is 6.40. The molecule has 0 aliphatic carbocycles. The summed E-state index contributed by atoms with van der Waals surface area (Å²) in [5.74, 6) is -0.188. The van der Waals surface area contributed by atoms with Gasteiger partial charge in [-0.1, -0.05) is 12.1 Å². The zero-order chi connectivity index (χ0) is 14.9. The molecular weight excluding hydrogens is 278 g/mol. The molecule has 0 atom stereocenters. The van der Waals surface area contributed by atoms with Crippen LogP contribution in [0.5, 0.6) is 0 Å². The summed E-state index contributed by atoms with van der Waals surface area (Å²) in [6.45, 7) is 2.64. The van der Waals surface area contributed by atoms with Crippen LogP contribution in [0.3, 0.4) is 0 Å². The minimum absolute atomic E-state index is 0.106. The highest BCUT2D eigenvalue weighted by molar-refractivity contribution is 7.89. The van der Waals surface area contributed by atoms with Crippen LogP contribution in [0.2, 0.25) is 0 Å². The fourth-order valence-corrected chi connectivity index (χ4v) is 3.79. The summed E-state index contributed by atoms with van der Waals surface area (Å²) in [6, 6.07) is 5.14. The number of benzene rings is 1. The Morgan fingerprint density at radius 3 is 2.60 bits per heavy atom. The van der Waals surface area contributed by atoms with E-state index in [2.05, 4.69) is 0 Å². The fourth-order valence-electron chi connectivity index (χ4n) is 2.13. The van der Waals surface area contributed by atoms with E-state index in [0.29, 0.717) is 18.7 Å². The van der Waals surface area contributed by atoms with Crippen molar-refractivity contribution in [1.29, 1.82) is 0 Å². The summed E-state index contributed by atoms with van der Waals surface area (Å²) in [7, 11) is -1.98. The number of carbonyl (C=O) groups excluding carboxylic acids is 1. The van der Waals surface area contributed by atoms with Crippen molar-refractivity contribution in [3.8, 4) is 0 Å². The van der Waals surface area contributed by atoms with E-state index >= 15 is 0 Å². The zero-order valence-corrected chi connectivity index (χ0v) is 12.5. The standard InChI is InChI=1S/C13H19N3O3S/c1-10-3-4-11(8-14)7-12(10)20(18,19)16-6-5-15(2)13(17)9-16/h3-4,7H,5-6,8-9,14H2,1-2H3. The number of hydrogen-bond acceptors (Lipinski definition) is 4. The Hall–Kier alpha value is -1.44. The van der Waals surface area contributed by atoms with Gasteiger partial charge in [0.15, 0.2) is 0 Å². The van der Waals surface area contributed by atoms with Gasteiger partial charge in [0.2, 0.25) is 15.9 Å². The third-order valence-electron chi connectivity index (χ3n) is 3.53. The number of sulfonamides is 1. The predicted octanol–water partition coefficient (Wildman–Crippen LogP) is -0.0836. The number of rotatable bonds is 3. The van der Waals surface area contributed by atoms with E-state index < -0.39 is 10.0 Å². The normalized spacial score (nSPS) is 17.6. The lowest BCUT2D eigenvalue weighted by molar-refractivity contribution is -0.132. The molecule has 0 spiro atoms. The average Bonchev–Trinajstić information content (AvgIpc) is 2.42. The average molecular weight is 297 g/mol. The van der Waals surface area contributed by atoms with Crippen LogP contribution in [0, 0.1) is 6.92 Å². The lowest BCUT2D eigenvalue weighted by Crippen LogP contribution is -2.50. The van der Waals surface area contributed by atoms with E-state index in [9.17, 15) is 13.2 Å². The molecule has 110 valence electrons. The molecule has 1 aromatic carbocycles. The molecule has 1 saturated heterocycles. The molecule has 2 rings (SSSR count). The van der Waals surface area contributed by atoms with Crippen molar-refractivity contribution < 1.29 is 13.2 Å². The Balaban J connectivity index is 2.38. The third-order valence-corrected chi connectivity index (χ3v) is 5.52. The van der Waals surface area contributed by atoms with Gasteiger partial charge < -0.3 is 10.6 Å². The van der Waals surface area contributed by atoms with E-state index in [1.165, 1.54) is 9.21 Å². The lowest BCUT2D eigenvalue weighted by atomic mass is 10.1. The van der Waals surface area contributed by atoms with Crippen molar-refractivity contribution in [1.82, 2.24) is 9.21 Å². The quantitative estimate of drug-likeness (QED) is 0.845. The van der Waals surface area contributed by atoms with Crippen LogP contribution in [-0.2, 0) is 21.4 Å². The molecule has 0 unspecified atom stereocenters. The van der Waals surface area contributed by atoms with E-state index in [4.69, 9.17) is 5.73 Å². The van der Waals surface area contributed by atoms with Crippen molar-refractivity contribution >= 4 is 15.9 Å². The Labute approximate surface area is 119 Å². The van der Waals surface area contributed by atoms with Crippen LogP contribution < -0.4 is 5.73 Å². The molecule has 0 saturated carbocycles. The molecule has 0 aromatic heterocycles. The maximum Gasteiger partial charge on any atom is 0.243 e. The van der Waals surface area contributed by atoms with Gasteiger partial charge in [0.05, 0.1) is 11.4 Å². The van der Waals surface area contributed by atoms with E-state index in [0.717, 1.165) is 5.56 Å². The highest BCUT2D eigenvalue weighted by atomic mass is 32.2. The molecule has 2 N–H and O–H groups in total. The number of piperazine rings is 1. The smallest absolute Gasteiger partial charge is 0.243 e. The Morgan fingerprint density at radius 1 is 1.30 bits per heavy atom. The maximum atomic E-state index is 12.6. The van der Waals surface area contributed by atoms with Gasteiger partial charge in [0, 0.05) is 26.7 Å². The van der Waals surface area contributed by atoms with Gasteiger partial charge >= 0.3 is 0 Å². The van der Waals surface area contributed by atoms with Crippen molar-refractivity contribution in [2.45, 2.75) is 18.4 Å². The summed E-state index contributed by atoms with van der Waals surface area (Å²) in [5, 5.41) is 0. The first kappa shape index (κ1) is 15.0. The third kappa shape index (κ3) is 2.70. The SMILES string of the molecule is Cc1ccc(CN)cc1S(=O)(=O)N1CCN(C)C(=O)C1. The monoisotopic (exact) mass is 297 g/mol. The molecule has 1 aliphatic rings. The second kappa shape index (κ2) is 5.51. The molecule has 1 amide bonds. The largest absolute Gasteiger partial charge is 0.343 e. The predicted molar refractivity (Wildman–Crippen MR) is 75.5 cm³/mol. The topological polar surface area (TPSA) is 83.7 Å². The Bertz CT molecular complexity index is 628. The fraction of sp³-hybridized carbons (Fsp3) is 0.462. The van der Waals surface area contributed by atoms with Gasteiger partial charge in [-0.2, -0.15) is 4.31 Å². The van der Waals surface area contributed by atoms with Gasteiger partial charge in [-0.15, -0.1) is 0 Å². The number of hydrogen-bond donors (Lipinski definition) is 1. The van der Waals surface area contributed by atoms with Crippen LogP contribution >= 0.6 is 0 Å². The van der Waals surface area contributed by atoms with Gasteiger partial charge in [-0.05, 0) is 24.1 Å². The number of nitrogens with zero attached hydrogens (tertiary/aromatic N) is 2. The number of aryl methyl sites for hydroxylation is 1. The number of likely N-dealkylation sites (N-methyl/N-ethyl adjacent to an activating group) is 1. The molecular formula is C13H19N3O3S. The molecule has 6 nitrogen and oxygen atoms in total. The summed E-state index contributed by atoms with van der Waals surface area (Å²) < 4.78 is 26.5. The van der Waals surface area contributed by atoms with Crippen LogP contribution in [0.1, 0.15) is 11.1 Å². The van der Waals surface area contributed by atoms with Crippen molar-refractivity contribution in [3.63, 3.8) is 0 Å². The molecule has 1 fully saturated rings. The minimum Gasteiger partial charge on any atom is -0.343 e. The summed E-state index contributed by atoms with van der Waals surface area (Å²) in [5.41, 5.74) is 6.98. The molecule has 7 heteroatoms. The number of carbonyl (C=O) groups is 1. The lowest BCUT2D eigenvalue weighted by Gasteiger charge is -2.31. The minimum atomic E-state index is -3.65. The molecule has 0 bridgehead atoms. The van der Waals surface area contributed by atoms with Gasteiger partial charge in [0.25, 0.3) is 0 Å². The molecule has 1 heterocycles. The van der Waals surface area contributed by atoms with Gasteiger partial charge in [0.1, 0.15) is 0 Å². The second-order valence-corrected chi connectivity index (χ2v) is 6.86. The summed E-state index contributed by atoms with van der Waals surface area (Å²) in [4.78, 5) is 13.5. The van der Waals surface area contributed by atoms with E-state index in [1.807, 2.05) is 6.07 Å². The van der Waals surface area contributed by atoms with Gasteiger partial charge in [-0.25, -0.2) is 8.42 Å². The van der Waals surface area contributed by atoms with Crippen molar-refractivity contribution in [3.05, 3.63) is 29.3 Å². The molecule has 0 radical (unpaired) electrons.